The molecule has 0 saturated heterocycles. The van der Waals surface area contributed by atoms with Crippen LogP contribution in [0.25, 0.3) is 5.69 Å². The minimum Gasteiger partial charge on any atom is -0.494 e. The minimum atomic E-state index is -3.24. The summed E-state index contributed by atoms with van der Waals surface area (Å²) in [4.78, 5) is 12.8. The number of aromatic nitrogens is 2. The van der Waals surface area contributed by atoms with Crippen molar-refractivity contribution in [1.82, 2.24) is 9.78 Å². The number of ether oxygens (including phenoxy) is 1. The van der Waals surface area contributed by atoms with E-state index in [0.29, 0.717) is 23.7 Å². The Hall–Kier alpha value is -3.13. The Labute approximate surface area is 175 Å². The lowest BCUT2D eigenvalue weighted by Gasteiger charge is -2.12. The number of aryl methyl sites for hydroxylation is 1. The second-order valence-corrected chi connectivity index (χ2v) is 9.42. The van der Waals surface area contributed by atoms with Gasteiger partial charge >= 0.3 is 0 Å². The molecule has 1 aromatic heterocycles. The number of benzene rings is 2. The average Bonchev–Trinajstić information content (AvgIpc) is 3.17. The van der Waals surface area contributed by atoms with Crippen molar-refractivity contribution in [2.45, 2.75) is 31.8 Å². The van der Waals surface area contributed by atoms with Gasteiger partial charge in [0.1, 0.15) is 11.6 Å². The fourth-order valence-electron chi connectivity index (χ4n) is 3.48. The molecule has 0 unspecified atom stereocenters. The van der Waals surface area contributed by atoms with Gasteiger partial charge in [0.05, 0.1) is 35.9 Å². The van der Waals surface area contributed by atoms with Gasteiger partial charge in [-0.15, -0.1) is 0 Å². The standard InChI is InChI=1S/C22H23N3O4S/c1-3-29-18-10-6-16(7-11-18)12-21(26)23-22-19-13-30(27,28)14-20(19)24-25(22)17-8-4-15(2)5-9-17/h4-11H,3,12-14H2,1-2H3,(H,23,26). The molecule has 1 aliphatic rings. The Morgan fingerprint density at radius 1 is 1.10 bits per heavy atom. The largest absolute Gasteiger partial charge is 0.494 e. The summed E-state index contributed by atoms with van der Waals surface area (Å²) >= 11 is 0. The highest BCUT2D eigenvalue weighted by atomic mass is 32.2. The number of carbonyl (C=O) groups excluding carboxylic acids is 1. The van der Waals surface area contributed by atoms with Crippen molar-refractivity contribution in [2.24, 2.45) is 0 Å². The topological polar surface area (TPSA) is 90.3 Å². The molecule has 8 heteroatoms. The monoisotopic (exact) mass is 425 g/mol. The van der Waals surface area contributed by atoms with Crippen LogP contribution >= 0.6 is 0 Å². The predicted octanol–water partition coefficient (Wildman–Crippen LogP) is 3.19. The number of carbonyl (C=O) groups is 1. The third-order valence-corrected chi connectivity index (χ3v) is 6.36. The molecule has 30 heavy (non-hydrogen) atoms. The first-order valence-corrected chi connectivity index (χ1v) is 11.6. The number of nitrogens with zero attached hydrogens (tertiary/aromatic N) is 2. The number of amides is 1. The quantitative estimate of drug-likeness (QED) is 0.655. The lowest BCUT2D eigenvalue weighted by Crippen LogP contribution is -2.18. The first-order valence-electron chi connectivity index (χ1n) is 9.74. The SMILES string of the molecule is CCOc1ccc(CC(=O)Nc2c3c(nn2-c2ccc(C)cc2)CS(=O)(=O)C3)cc1. The number of anilines is 1. The third kappa shape index (κ3) is 4.23. The van der Waals surface area contributed by atoms with Gasteiger partial charge in [-0.05, 0) is 43.7 Å². The van der Waals surface area contributed by atoms with Crippen LogP contribution in [0.1, 0.15) is 29.3 Å². The van der Waals surface area contributed by atoms with Crippen LogP contribution in [-0.2, 0) is 32.6 Å². The number of hydrogen-bond donors (Lipinski definition) is 1. The number of rotatable bonds is 6. The van der Waals surface area contributed by atoms with E-state index in [9.17, 15) is 13.2 Å². The molecule has 7 nitrogen and oxygen atoms in total. The normalized spacial score (nSPS) is 14.3. The summed E-state index contributed by atoms with van der Waals surface area (Å²) in [5, 5.41) is 7.38. The fraction of sp³-hybridized carbons (Fsp3) is 0.273. The van der Waals surface area contributed by atoms with Crippen molar-refractivity contribution in [3.05, 3.63) is 70.9 Å². The zero-order valence-corrected chi connectivity index (χ0v) is 17.7. The maximum Gasteiger partial charge on any atom is 0.229 e. The van der Waals surface area contributed by atoms with Crippen molar-refractivity contribution in [1.29, 1.82) is 0 Å². The molecule has 0 atom stereocenters. The molecule has 4 rings (SSSR count). The molecule has 0 fully saturated rings. The van der Waals surface area contributed by atoms with Gasteiger partial charge in [-0.2, -0.15) is 5.10 Å². The predicted molar refractivity (Wildman–Crippen MR) is 115 cm³/mol. The molecule has 0 aliphatic carbocycles. The first-order chi connectivity index (χ1) is 14.3. The minimum absolute atomic E-state index is 0.108. The van der Waals surface area contributed by atoms with E-state index in [1.807, 2.05) is 62.4 Å². The van der Waals surface area contributed by atoms with E-state index in [2.05, 4.69) is 10.4 Å². The van der Waals surface area contributed by atoms with E-state index in [1.54, 1.807) is 4.68 Å². The third-order valence-electron chi connectivity index (χ3n) is 4.92. The first kappa shape index (κ1) is 20.2. The van der Waals surface area contributed by atoms with Crippen LogP contribution in [-0.4, -0.2) is 30.7 Å². The van der Waals surface area contributed by atoms with Crippen LogP contribution in [0.4, 0.5) is 5.82 Å². The van der Waals surface area contributed by atoms with Gasteiger partial charge < -0.3 is 10.1 Å². The lowest BCUT2D eigenvalue weighted by atomic mass is 10.1. The summed E-state index contributed by atoms with van der Waals surface area (Å²) in [6.45, 7) is 4.48. The van der Waals surface area contributed by atoms with Crippen LogP contribution in [0.15, 0.2) is 48.5 Å². The lowest BCUT2D eigenvalue weighted by molar-refractivity contribution is -0.115. The van der Waals surface area contributed by atoms with Crippen molar-refractivity contribution in [3.8, 4) is 11.4 Å². The molecule has 3 aromatic rings. The molecule has 0 bridgehead atoms. The Morgan fingerprint density at radius 3 is 2.47 bits per heavy atom. The van der Waals surface area contributed by atoms with Crippen molar-refractivity contribution in [2.75, 3.05) is 11.9 Å². The average molecular weight is 426 g/mol. The van der Waals surface area contributed by atoms with Crippen molar-refractivity contribution >= 4 is 21.6 Å². The van der Waals surface area contributed by atoms with Gasteiger partial charge in [-0.25, -0.2) is 13.1 Å². The maximum atomic E-state index is 12.8. The molecule has 0 radical (unpaired) electrons. The van der Waals surface area contributed by atoms with Crippen LogP contribution in [0, 0.1) is 6.92 Å². The van der Waals surface area contributed by atoms with E-state index >= 15 is 0 Å². The van der Waals surface area contributed by atoms with E-state index in [1.165, 1.54) is 0 Å². The second-order valence-electron chi connectivity index (χ2n) is 7.36. The summed E-state index contributed by atoms with van der Waals surface area (Å²) in [7, 11) is -3.24. The molecular formula is C22H23N3O4S. The van der Waals surface area contributed by atoms with Crippen LogP contribution in [0.3, 0.4) is 0 Å². The summed E-state index contributed by atoms with van der Waals surface area (Å²) in [6, 6.07) is 15.0. The van der Waals surface area contributed by atoms with Crippen molar-refractivity contribution in [3.63, 3.8) is 0 Å². The molecule has 1 aliphatic heterocycles. The summed E-state index contributed by atoms with van der Waals surface area (Å²) in [5.41, 5.74) is 3.76. The Balaban J connectivity index is 1.60. The Bertz CT molecular complexity index is 1180. The number of fused-ring (bicyclic) bond motifs is 1. The van der Waals surface area contributed by atoms with Gasteiger partial charge in [-0.1, -0.05) is 29.8 Å². The molecule has 0 spiro atoms. The maximum absolute atomic E-state index is 12.8. The zero-order valence-electron chi connectivity index (χ0n) is 16.9. The van der Waals surface area contributed by atoms with Gasteiger partial charge in [0, 0.05) is 5.56 Å². The summed E-state index contributed by atoms with van der Waals surface area (Å²) < 4.78 is 31.2. The van der Waals surface area contributed by atoms with Crippen LogP contribution < -0.4 is 10.1 Å². The smallest absolute Gasteiger partial charge is 0.229 e. The van der Waals surface area contributed by atoms with E-state index in [4.69, 9.17) is 4.74 Å². The molecule has 0 saturated carbocycles. The second kappa shape index (κ2) is 7.95. The van der Waals surface area contributed by atoms with Crippen molar-refractivity contribution < 1.29 is 17.9 Å². The Kier molecular flexibility index (Phi) is 5.34. The summed E-state index contributed by atoms with van der Waals surface area (Å²) in [5.74, 6) is 0.711. The molecule has 1 amide bonds. The number of sulfone groups is 1. The van der Waals surface area contributed by atoms with E-state index < -0.39 is 9.84 Å². The van der Waals surface area contributed by atoms with Gasteiger partial charge in [0.15, 0.2) is 9.84 Å². The van der Waals surface area contributed by atoms with Gasteiger partial charge in [0.25, 0.3) is 0 Å². The van der Waals surface area contributed by atoms with Gasteiger partial charge in [0.2, 0.25) is 5.91 Å². The van der Waals surface area contributed by atoms with Crippen LogP contribution in [0.2, 0.25) is 0 Å². The molecular weight excluding hydrogens is 402 g/mol. The highest BCUT2D eigenvalue weighted by molar-refractivity contribution is 7.90. The summed E-state index contributed by atoms with van der Waals surface area (Å²) in [6.07, 6.45) is 0.160. The van der Waals surface area contributed by atoms with E-state index in [-0.39, 0.29) is 23.8 Å². The zero-order chi connectivity index (χ0) is 21.3. The highest BCUT2D eigenvalue weighted by Gasteiger charge is 2.33. The molecule has 2 aromatic carbocycles. The molecule has 156 valence electrons. The highest BCUT2D eigenvalue weighted by Crippen LogP contribution is 2.33. The number of nitrogens with one attached hydrogen (secondary N) is 1. The fourth-order valence-corrected chi connectivity index (χ4v) is 4.97. The Morgan fingerprint density at radius 2 is 1.80 bits per heavy atom. The molecule has 2 heterocycles. The van der Waals surface area contributed by atoms with Crippen LogP contribution in [0.5, 0.6) is 5.75 Å². The van der Waals surface area contributed by atoms with Gasteiger partial charge in [-0.3, -0.25) is 4.79 Å². The number of hydrogen-bond acceptors (Lipinski definition) is 5. The van der Waals surface area contributed by atoms with E-state index in [0.717, 1.165) is 22.6 Å². The molecule has 1 N–H and O–H groups in total.